The molecule has 0 unspecified atom stereocenters. The van der Waals surface area contributed by atoms with Crippen LogP contribution in [-0.2, 0) is 10.2 Å². The number of amides is 1. The number of nitrogens with one attached hydrogen (secondary N) is 1. The van der Waals surface area contributed by atoms with Gasteiger partial charge in [-0.1, -0.05) is 6.92 Å². The zero-order valence-electron chi connectivity index (χ0n) is 20.1. The van der Waals surface area contributed by atoms with E-state index in [1.165, 1.54) is 0 Å². The highest BCUT2D eigenvalue weighted by molar-refractivity contribution is 5.95. The predicted molar refractivity (Wildman–Crippen MR) is 126 cm³/mol. The minimum atomic E-state index is -0.121. The van der Waals surface area contributed by atoms with Crippen molar-refractivity contribution < 1.29 is 18.8 Å². The molecule has 0 atom stereocenters. The molecule has 0 saturated carbocycles. The van der Waals surface area contributed by atoms with Crippen LogP contribution >= 0.6 is 0 Å². The number of ether oxygens (including phenoxy) is 2. The van der Waals surface area contributed by atoms with Crippen molar-refractivity contribution in [1.82, 2.24) is 15.5 Å². The molecular weight excluding hydrogens is 420 g/mol. The smallest absolute Gasteiger partial charge is 0.266 e. The molecule has 2 aliphatic rings. The van der Waals surface area contributed by atoms with Crippen molar-refractivity contribution >= 4 is 11.9 Å². The molecule has 1 aromatic carbocycles. The highest BCUT2D eigenvalue weighted by Gasteiger charge is 2.41. The third-order valence-electron chi connectivity index (χ3n) is 6.67. The lowest BCUT2D eigenvalue weighted by Gasteiger charge is -2.34. The van der Waals surface area contributed by atoms with Gasteiger partial charge < -0.3 is 24.2 Å². The number of nitrogens with zero attached hydrogens (tertiary/aromatic N) is 3. The van der Waals surface area contributed by atoms with E-state index in [0.29, 0.717) is 49.7 Å². The molecule has 2 aliphatic heterocycles. The van der Waals surface area contributed by atoms with Crippen molar-refractivity contribution in [1.29, 1.82) is 0 Å². The van der Waals surface area contributed by atoms with Crippen molar-refractivity contribution in [3.05, 3.63) is 35.2 Å². The number of benzene rings is 1. The number of hydrogen-bond acceptors (Lipinski definition) is 7. The Balaban J connectivity index is 1.16. The first-order valence-corrected chi connectivity index (χ1v) is 12.2. The van der Waals surface area contributed by atoms with Gasteiger partial charge in [-0.15, -0.1) is 0 Å². The Kier molecular flexibility index (Phi) is 7.53. The van der Waals surface area contributed by atoms with E-state index < -0.39 is 0 Å². The number of rotatable bonds is 10. The molecule has 8 nitrogen and oxygen atoms in total. The van der Waals surface area contributed by atoms with Gasteiger partial charge in [-0.3, -0.25) is 4.79 Å². The van der Waals surface area contributed by atoms with Crippen molar-refractivity contribution in [2.24, 2.45) is 5.92 Å². The number of carbonyl (C=O) groups is 1. The largest absolute Gasteiger partial charge is 0.494 e. The van der Waals surface area contributed by atoms with E-state index in [0.717, 1.165) is 56.5 Å². The monoisotopic (exact) mass is 456 g/mol. The zero-order valence-corrected chi connectivity index (χ0v) is 20.1. The van der Waals surface area contributed by atoms with Gasteiger partial charge in [0.05, 0.1) is 25.2 Å². The lowest BCUT2D eigenvalue weighted by Crippen LogP contribution is -2.44. The molecule has 1 aromatic heterocycles. The molecule has 0 radical (unpaired) electrons. The summed E-state index contributed by atoms with van der Waals surface area (Å²) < 4.78 is 16.7. The zero-order chi connectivity index (χ0) is 23.3. The molecule has 0 aliphatic carbocycles. The molecule has 8 heteroatoms. The fourth-order valence-electron chi connectivity index (χ4n) is 4.42. The summed E-state index contributed by atoms with van der Waals surface area (Å²) in [5.41, 5.74) is 1.53. The fraction of sp³-hybridized carbons (Fsp3) is 0.640. The summed E-state index contributed by atoms with van der Waals surface area (Å²) in [6.45, 7) is 10.7. The third-order valence-corrected chi connectivity index (χ3v) is 6.67. The molecule has 3 heterocycles. The summed E-state index contributed by atoms with van der Waals surface area (Å²) in [5.74, 6) is 2.90. The quantitative estimate of drug-likeness (QED) is 0.543. The minimum Gasteiger partial charge on any atom is -0.494 e. The van der Waals surface area contributed by atoms with E-state index in [2.05, 4.69) is 27.3 Å². The van der Waals surface area contributed by atoms with Gasteiger partial charge in [0.2, 0.25) is 5.89 Å². The van der Waals surface area contributed by atoms with Crippen LogP contribution in [0, 0.1) is 12.8 Å². The van der Waals surface area contributed by atoms with Gasteiger partial charge >= 0.3 is 0 Å². The first-order chi connectivity index (χ1) is 16.0. The van der Waals surface area contributed by atoms with Gasteiger partial charge in [0.25, 0.3) is 11.9 Å². The van der Waals surface area contributed by atoms with Crippen LogP contribution in [-0.4, -0.2) is 55.5 Å². The number of aryl methyl sites for hydroxylation is 1. The Morgan fingerprint density at radius 2 is 2.09 bits per heavy atom. The van der Waals surface area contributed by atoms with Crippen LogP contribution in [0.15, 0.2) is 22.7 Å². The highest BCUT2D eigenvalue weighted by atomic mass is 16.5. The van der Waals surface area contributed by atoms with Gasteiger partial charge in [0, 0.05) is 25.2 Å². The van der Waals surface area contributed by atoms with E-state index in [4.69, 9.17) is 14.0 Å². The summed E-state index contributed by atoms with van der Waals surface area (Å²) in [4.78, 5) is 19.0. The maximum absolute atomic E-state index is 12.2. The second-order valence-electron chi connectivity index (χ2n) is 9.61. The first-order valence-electron chi connectivity index (χ1n) is 12.2. The van der Waals surface area contributed by atoms with Crippen LogP contribution < -0.4 is 15.0 Å². The van der Waals surface area contributed by atoms with Crippen LogP contribution in [0.5, 0.6) is 5.75 Å². The number of carbonyl (C=O) groups excluding carboxylic acids is 1. The summed E-state index contributed by atoms with van der Waals surface area (Å²) in [5, 5.41) is 7.12. The summed E-state index contributed by atoms with van der Waals surface area (Å²) in [7, 11) is 0. The number of anilines is 1. The Bertz CT molecular complexity index is 932. The minimum absolute atomic E-state index is 0.0180. The second-order valence-corrected chi connectivity index (χ2v) is 9.61. The van der Waals surface area contributed by atoms with Crippen molar-refractivity contribution in [3.8, 4) is 5.75 Å². The van der Waals surface area contributed by atoms with E-state index >= 15 is 0 Å². The number of piperidine rings is 1. The summed E-state index contributed by atoms with van der Waals surface area (Å²) in [6, 6.07) is 5.70. The molecular formula is C25H36N4O4. The van der Waals surface area contributed by atoms with E-state index in [-0.39, 0.29) is 11.3 Å². The van der Waals surface area contributed by atoms with Crippen LogP contribution in [0.1, 0.15) is 67.8 Å². The lowest BCUT2D eigenvalue weighted by atomic mass is 9.89. The average Bonchev–Trinajstić information content (AvgIpc) is 3.30. The molecule has 0 spiro atoms. The summed E-state index contributed by atoms with van der Waals surface area (Å²) in [6.07, 6.45) is 5.36. The topological polar surface area (TPSA) is 89.7 Å². The molecule has 4 rings (SSSR count). The Morgan fingerprint density at radius 1 is 1.30 bits per heavy atom. The predicted octanol–water partition coefficient (Wildman–Crippen LogP) is 3.88. The Labute approximate surface area is 196 Å². The van der Waals surface area contributed by atoms with Crippen LogP contribution in [0.4, 0.5) is 5.95 Å². The SMILES string of the molecule is CCCNC(=O)c1ccc(OCCCC2CCN(c3noc(C4(C)COC4)n3)CC2)cc1C. The number of hydrogen-bond donors (Lipinski definition) is 1. The second kappa shape index (κ2) is 10.5. The van der Waals surface area contributed by atoms with Gasteiger partial charge in [-0.2, -0.15) is 4.98 Å². The molecule has 180 valence electrons. The lowest BCUT2D eigenvalue weighted by molar-refractivity contribution is -0.0644. The Hall–Kier alpha value is -2.61. The van der Waals surface area contributed by atoms with Crippen LogP contribution in [0.3, 0.4) is 0 Å². The highest BCUT2D eigenvalue weighted by Crippen LogP contribution is 2.32. The molecule has 2 fully saturated rings. The maximum atomic E-state index is 12.2. The molecule has 2 aromatic rings. The first kappa shape index (κ1) is 23.5. The van der Waals surface area contributed by atoms with E-state index in [9.17, 15) is 4.79 Å². The van der Waals surface area contributed by atoms with Gasteiger partial charge in [0.1, 0.15) is 5.75 Å². The van der Waals surface area contributed by atoms with Crippen LogP contribution in [0.25, 0.3) is 0 Å². The fourth-order valence-corrected chi connectivity index (χ4v) is 4.42. The standard InChI is InChI=1S/C25H36N4O4/c1-4-11-26-22(30)21-8-7-20(15-18(21)2)32-14-5-6-19-9-12-29(13-10-19)24-27-23(33-28-24)25(3)16-31-17-25/h7-8,15,19H,4-6,9-14,16-17H2,1-3H3,(H,26,30). The van der Waals surface area contributed by atoms with Crippen molar-refractivity contribution in [3.63, 3.8) is 0 Å². The molecule has 33 heavy (non-hydrogen) atoms. The molecule has 1 N–H and O–H groups in total. The van der Waals surface area contributed by atoms with Crippen molar-refractivity contribution in [2.75, 3.05) is 44.4 Å². The van der Waals surface area contributed by atoms with Crippen LogP contribution in [0.2, 0.25) is 0 Å². The maximum Gasteiger partial charge on any atom is 0.266 e. The van der Waals surface area contributed by atoms with Gasteiger partial charge in [-0.05, 0) is 80.8 Å². The number of aromatic nitrogens is 2. The molecule has 2 saturated heterocycles. The van der Waals surface area contributed by atoms with E-state index in [1.807, 2.05) is 32.0 Å². The average molecular weight is 457 g/mol. The normalized spacial score (nSPS) is 18.1. The van der Waals surface area contributed by atoms with Gasteiger partial charge in [-0.25, -0.2) is 0 Å². The van der Waals surface area contributed by atoms with Crippen molar-refractivity contribution in [2.45, 2.75) is 58.3 Å². The van der Waals surface area contributed by atoms with E-state index in [1.54, 1.807) is 0 Å². The van der Waals surface area contributed by atoms with Gasteiger partial charge in [0.15, 0.2) is 0 Å². The molecule has 1 amide bonds. The third kappa shape index (κ3) is 5.66. The summed E-state index contributed by atoms with van der Waals surface area (Å²) >= 11 is 0. The molecule has 0 bridgehead atoms. The Morgan fingerprint density at radius 3 is 2.76 bits per heavy atom.